The van der Waals surface area contributed by atoms with E-state index in [4.69, 9.17) is 0 Å². The molecule has 5 nitrogen and oxygen atoms in total. The summed E-state index contributed by atoms with van der Waals surface area (Å²) in [7, 11) is 0. The lowest BCUT2D eigenvalue weighted by molar-refractivity contribution is -0.305. The summed E-state index contributed by atoms with van der Waals surface area (Å²) in [5.74, 6) is -1.31. The van der Waals surface area contributed by atoms with Gasteiger partial charge in [0, 0.05) is 11.9 Å². The molecule has 1 rings (SSSR count). The molecule has 1 aliphatic rings. The Labute approximate surface area is 150 Å². The molecule has 0 aromatic heterocycles. The first-order valence-corrected chi connectivity index (χ1v) is 9.18. The van der Waals surface area contributed by atoms with Gasteiger partial charge < -0.3 is 25.2 Å². The maximum atomic E-state index is 10.2. The smallest absolute Gasteiger partial charge is 0.0865 e. The molecule has 142 valence electrons. The van der Waals surface area contributed by atoms with E-state index in [1.165, 1.54) is 0 Å². The van der Waals surface area contributed by atoms with E-state index >= 15 is 0 Å². The Morgan fingerprint density at radius 3 is 2.44 bits per heavy atom. The number of unbranched alkanes of at least 4 members (excludes halogenated alkanes) is 1. The Morgan fingerprint density at radius 2 is 1.80 bits per heavy atom. The summed E-state index contributed by atoms with van der Waals surface area (Å²) in [5, 5.41) is 40.2. The average molecular weight is 351 g/mol. The molecule has 0 radical (unpaired) electrons. The Morgan fingerprint density at radius 1 is 1.16 bits per heavy atom. The van der Waals surface area contributed by atoms with Crippen LogP contribution in [0.5, 0.6) is 0 Å². The first-order chi connectivity index (χ1) is 12.0. The van der Waals surface area contributed by atoms with Crippen molar-refractivity contribution in [1.29, 1.82) is 0 Å². The molecular weight excluding hydrogens is 320 g/mol. The van der Waals surface area contributed by atoms with Crippen LogP contribution in [0.2, 0.25) is 0 Å². The van der Waals surface area contributed by atoms with Gasteiger partial charge in [-0.05, 0) is 50.9 Å². The van der Waals surface area contributed by atoms with Crippen molar-refractivity contribution in [2.45, 2.75) is 70.2 Å². The highest BCUT2D eigenvalue weighted by Crippen LogP contribution is 2.36. The third-order valence-electron chi connectivity index (χ3n) is 4.70. The molecule has 0 amide bonds. The van der Waals surface area contributed by atoms with E-state index in [2.05, 4.69) is 0 Å². The highest BCUT2D eigenvalue weighted by Gasteiger charge is 2.42. The van der Waals surface area contributed by atoms with Gasteiger partial charge >= 0.3 is 0 Å². The van der Waals surface area contributed by atoms with Gasteiger partial charge in [0.2, 0.25) is 0 Å². The molecule has 1 aliphatic carbocycles. The lowest BCUT2D eigenvalue weighted by Gasteiger charge is -2.22. The predicted octanol–water partition coefficient (Wildman–Crippen LogP) is 1.48. The summed E-state index contributed by atoms with van der Waals surface area (Å²) < 4.78 is 0. The zero-order valence-electron chi connectivity index (χ0n) is 15.0. The fourth-order valence-corrected chi connectivity index (χ4v) is 3.22. The van der Waals surface area contributed by atoms with Crippen molar-refractivity contribution in [3.05, 3.63) is 36.5 Å². The largest absolute Gasteiger partial charge is 0.550 e. The third kappa shape index (κ3) is 7.99. The summed E-state index contributed by atoms with van der Waals surface area (Å²) in [6.45, 7) is 1.90. The minimum atomic E-state index is -1.01. The zero-order valence-corrected chi connectivity index (χ0v) is 15.0. The summed E-state index contributed by atoms with van der Waals surface area (Å²) >= 11 is 0. The van der Waals surface area contributed by atoms with Crippen LogP contribution >= 0.6 is 0 Å². The molecule has 0 heterocycles. The standard InChI is InChI=1S/C20H32O5/c1-2-17(21)16-14-18(22)20(25)15(16)12-10-8-6-4-3-5-7-9-11-13-19(23)24/h4-7,10,12,15-18,20-22,25H,2-3,8-9,11,13-14H2,1H3,(H,23,24)/p-1/b6-4-,7-5-,12-10-/t15-,16+,17-,18+,20+/m0/s1. The molecule has 0 saturated heterocycles. The summed E-state index contributed by atoms with van der Waals surface area (Å²) in [5.41, 5.74) is 0. The van der Waals surface area contributed by atoms with Crippen LogP contribution in [0.25, 0.3) is 0 Å². The van der Waals surface area contributed by atoms with Gasteiger partial charge in [0.05, 0.1) is 18.3 Å². The number of rotatable bonds is 11. The van der Waals surface area contributed by atoms with Crippen molar-refractivity contribution < 1.29 is 25.2 Å². The second-order valence-corrected chi connectivity index (χ2v) is 6.62. The molecule has 5 heteroatoms. The molecule has 0 aromatic rings. The molecule has 0 bridgehead atoms. The number of aliphatic carboxylic acids is 1. The Balaban J connectivity index is 2.29. The van der Waals surface area contributed by atoms with Crippen molar-refractivity contribution >= 4 is 5.97 Å². The zero-order chi connectivity index (χ0) is 18.7. The summed E-state index contributed by atoms with van der Waals surface area (Å²) in [6, 6.07) is 0. The van der Waals surface area contributed by atoms with Gasteiger partial charge in [-0.15, -0.1) is 0 Å². The van der Waals surface area contributed by atoms with Crippen LogP contribution in [0.15, 0.2) is 36.5 Å². The van der Waals surface area contributed by atoms with Crippen LogP contribution in [0.1, 0.15) is 51.9 Å². The van der Waals surface area contributed by atoms with Crippen LogP contribution in [0.4, 0.5) is 0 Å². The van der Waals surface area contributed by atoms with Crippen molar-refractivity contribution in [3.63, 3.8) is 0 Å². The van der Waals surface area contributed by atoms with Crippen LogP contribution in [-0.4, -0.2) is 39.6 Å². The first kappa shape index (κ1) is 21.6. The van der Waals surface area contributed by atoms with Crippen molar-refractivity contribution in [2.24, 2.45) is 11.8 Å². The lowest BCUT2D eigenvalue weighted by Crippen LogP contribution is -2.28. The van der Waals surface area contributed by atoms with Gasteiger partial charge in [0.25, 0.3) is 0 Å². The molecule has 0 aliphatic heterocycles. The van der Waals surface area contributed by atoms with Gasteiger partial charge in [-0.25, -0.2) is 0 Å². The molecule has 3 N–H and O–H groups in total. The fraction of sp³-hybridized carbons (Fsp3) is 0.650. The highest BCUT2D eigenvalue weighted by atomic mass is 16.4. The van der Waals surface area contributed by atoms with E-state index in [1.807, 2.05) is 43.4 Å². The van der Waals surface area contributed by atoms with Crippen molar-refractivity contribution in [2.75, 3.05) is 0 Å². The van der Waals surface area contributed by atoms with Crippen molar-refractivity contribution in [1.82, 2.24) is 0 Å². The quantitative estimate of drug-likeness (QED) is 0.387. The maximum absolute atomic E-state index is 10.2. The SMILES string of the molecule is CC[C@H](O)[C@@H]1C[C@@H](O)[C@H](O)[C@H]1/C=C\C/C=C\C/C=C\CCCC(=O)[O-]. The van der Waals surface area contributed by atoms with Crippen LogP contribution in [0, 0.1) is 11.8 Å². The van der Waals surface area contributed by atoms with E-state index in [-0.39, 0.29) is 18.3 Å². The maximum Gasteiger partial charge on any atom is 0.0865 e. The minimum absolute atomic E-state index is 0.0976. The second-order valence-electron chi connectivity index (χ2n) is 6.62. The average Bonchev–Trinajstić information content (AvgIpc) is 2.86. The van der Waals surface area contributed by atoms with Gasteiger partial charge in [-0.3, -0.25) is 0 Å². The Hall–Kier alpha value is -1.43. The summed E-state index contributed by atoms with van der Waals surface area (Å²) in [4.78, 5) is 10.2. The Kier molecular flexibility index (Phi) is 10.4. The molecular formula is C20H31O5-. The molecule has 1 fully saturated rings. The van der Waals surface area contributed by atoms with E-state index in [0.29, 0.717) is 19.3 Å². The minimum Gasteiger partial charge on any atom is -0.550 e. The molecule has 0 unspecified atom stereocenters. The number of hydrogen-bond donors (Lipinski definition) is 3. The van der Waals surface area contributed by atoms with E-state index in [0.717, 1.165) is 19.3 Å². The van der Waals surface area contributed by atoms with Gasteiger partial charge in [0.15, 0.2) is 0 Å². The lowest BCUT2D eigenvalue weighted by atomic mass is 9.88. The van der Waals surface area contributed by atoms with Crippen LogP contribution in [0.3, 0.4) is 0 Å². The summed E-state index contributed by atoms with van der Waals surface area (Å²) in [6.07, 6.45) is 13.8. The number of carbonyl (C=O) groups is 1. The fourth-order valence-electron chi connectivity index (χ4n) is 3.22. The number of hydrogen-bond acceptors (Lipinski definition) is 5. The number of allylic oxidation sites excluding steroid dienone is 5. The monoisotopic (exact) mass is 351 g/mol. The van der Waals surface area contributed by atoms with Crippen LogP contribution < -0.4 is 5.11 Å². The predicted molar refractivity (Wildman–Crippen MR) is 95.4 cm³/mol. The number of carboxylic acid groups (broad SMARTS) is 1. The van der Waals surface area contributed by atoms with E-state index in [1.54, 1.807) is 0 Å². The number of carboxylic acids is 1. The van der Waals surface area contributed by atoms with E-state index in [9.17, 15) is 25.2 Å². The number of aliphatic hydroxyl groups excluding tert-OH is 3. The van der Waals surface area contributed by atoms with Gasteiger partial charge in [-0.1, -0.05) is 43.4 Å². The second kappa shape index (κ2) is 12.0. The van der Waals surface area contributed by atoms with Gasteiger partial charge in [0.1, 0.15) is 0 Å². The number of aliphatic hydroxyl groups is 3. The molecule has 0 aromatic carbocycles. The highest BCUT2D eigenvalue weighted by molar-refractivity contribution is 5.64. The molecule has 0 spiro atoms. The molecule has 1 saturated carbocycles. The van der Waals surface area contributed by atoms with Crippen molar-refractivity contribution in [3.8, 4) is 0 Å². The number of carbonyl (C=O) groups excluding carboxylic acids is 1. The first-order valence-electron chi connectivity index (χ1n) is 9.18. The van der Waals surface area contributed by atoms with Gasteiger partial charge in [-0.2, -0.15) is 0 Å². The van der Waals surface area contributed by atoms with Crippen LogP contribution in [-0.2, 0) is 4.79 Å². The molecule has 25 heavy (non-hydrogen) atoms. The molecule has 5 atom stereocenters. The Bertz CT molecular complexity index is 469. The topological polar surface area (TPSA) is 101 Å². The third-order valence-corrected chi connectivity index (χ3v) is 4.70. The normalized spacial score (nSPS) is 28.5. The van der Waals surface area contributed by atoms with E-state index < -0.39 is 24.3 Å².